The van der Waals surface area contributed by atoms with Gasteiger partial charge in [-0.1, -0.05) is 16.8 Å². The third kappa shape index (κ3) is 4.39. The Morgan fingerprint density at radius 2 is 1.93 bits per heavy atom. The van der Waals surface area contributed by atoms with Gasteiger partial charge in [-0.2, -0.15) is 4.98 Å². The summed E-state index contributed by atoms with van der Waals surface area (Å²) in [6, 6.07) is 9.76. The van der Waals surface area contributed by atoms with E-state index < -0.39 is 25.5 Å². The van der Waals surface area contributed by atoms with Crippen molar-refractivity contribution in [1.29, 1.82) is 0 Å². The second kappa shape index (κ2) is 7.31. The van der Waals surface area contributed by atoms with E-state index in [0.29, 0.717) is 10.6 Å². The van der Waals surface area contributed by atoms with Crippen LogP contribution in [0.4, 0.5) is 5.69 Å². The maximum atomic E-state index is 11.3. The number of aromatic nitrogens is 2. The Hall–Kier alpha value is -3.02. The Morgan fingerprint density at radius 1 is 1.22 bits per heavy atom. The van der Waals surface area contributed by atoms with Crippen LogP contribution in [0.25, 0.3) is 11.5 Å². The first-order chi connectivity index (χ1) is 12.7. The van der Waals surface area contributed by atoms with Gasteiger partial charge in [0, 0.05) is 16.7 Å². The van der Waals surface area contributed by atoms with E-state index in [1.165, 1.54) is 0 Å². The van der Waals surface area contributed by atoms with E-state index in [9.17, 15) is 18.5 Å². The first kappa shape index (κ1) is 18.8. The first-order valence-electron chi connectivity index (χ1n) is 7.26. The molecule has 0 saturated heterocycles. The summed E-state index contributed by atoms with van der Waals surface area (Å²) in [5.74, 6) is 0.208. The summed E-state index contributed by atoms with van der Waals surface area (Å²) in [6.45, 7) is -0.230. The second-order valence-corrected chi connectivity index (χ2v) is 7.24. The van der Waals surface area contributed by atoms with Crippen LogP contribution in [0, 0.1) is 10.1 Å². The Balaban J connectivity index is 1.79. The number of rotatable bonds is 6. The molecule has 0 fully saturated rings. The highest BCUT2D eigenvalue weighted by Crippen LogP contribution is 2.30. The molecule has 1 heterocycles. The van der Waals surface area contributed by atoms with Gasteiger partial charge in [0.15, 0.2) is 12.4 Å². The number of sulfonamides is 1. The van der Waals surface area contributed by atoms with Crippen molar-refractivity contribution in [2.24, 2.45) is 5.14 Å². The molecule has 3 aromatic rings. The number of nitrogens with two attached hydrogens (primary N) is 1. The smallest absolute Gasteiger partial charge is 0.312 e. The van der Waals surface area contributed by atoms with Crippen LogP contribution in [0.2, 0.25) is 5.02 Å². The highest BCUT2D eigenvalue weighted by Gasteiger charge is 2.21. The van der Waals surface area contributed by atoms with Gasteiger partial charge in [-0.05, 0) is 36.4 Å². The predicted octanol–water partition coefficient (Wildman–Crippen LogP) is 2.52. The van der Waals surface area contributed by atoms with Gasteiger partial charge >= 0.3 is 5.69 Å². The van der Waals surface area contributed by atoms with Crippen LogP contribution in [0.15, 0.2) is 51.9 Å². The zero-order chi connectivity index (χ0) is 19.6. The monoisotopic (exact) mass is 410 g/mol. The largest absolute Gasteiger partial charge is 0.478 e. The lowest BCUT2D eigenvalue weighted by atomic mass is 10.2. The van der Waals surface area contributed by atoms with E-state index in [0.717, 1.165) is 18.2 Å². The maximum Gasteiger partial charge on any atom is 0.312 e. The van der Waals surface area contributed by atoms with Crippen LogP contribution >= 0.6 is 11.6 Å². The predicted molar refractivity (Wildman–Crippen MR) is 93.5 cm³/mol. The minimum Gasteiger partial charge on any atom is -0.478 e. The summed E-state index contributed by atoms with van der Waals surface area (Å²) in [5.41, 5.74) is 0.0876. The van der Waals surface area contributed by atoms with Gasteiger partial charge in [0.2, 0.25) is 15.8 Å². The first-order valence-corrected chi connectivity index (χ1v) is 9.19. The highest BCUT2D eigenvalue weighted by atomic mass is 35.5. The molecule has 0 aliphatic rings. The molecule has 0 radical (unpaired) electrons. The molecule has 2 aromatic carbocycles. The molecule has 0 unspecified atom stereocenters. The fourth-order valence-electron chi connectivity index (χ4n) is 2.10. The molecule has 10 nitrogen and oxygen atoms in total. The number of nitro groups is 1. The van der Waals surface area contributed by atoms with E-state index in [2.05, 4.69) is 10.1 Å². The molecule has 12 heteroatoms. The lowest BCUT2D eigenvalue weighted by Gasteiger charge is -2.05. The van der Waals surface area contributed by atoms with Crippen molar-refractivity contribution in [3.05, 3.63) is 63.4 Å². The molecule has 0 aliphatic carbocycles. The summed E-state index contributed by atoms with van der Waals surface area (Å²) >= 11 is 5.81. The van der Waals surface area contributed by atoms with Gasteiger partial charge in [-0.25, -0.2) is 13.6 Å². The summed E-state index contributed by atoms with van der Waals surface area (Å²) in [6.07, 6.45) is 0. The SMILES string of the molecule is NS(=O)(=O)c1ccc(OCc2noc(-c3ccc(Cl)cc3)n2)c([N+](=O)[O-])c1. The van der Waals surface area contributed by atoms with E-state index in [-0.39, 0.29) is 24.1 Å². The van der Waals surface area contributed by atoms with Crippen LogP contribution in [0.5, 0.6) is 5.75 Å². The van der Waals surface area contributed by atoms with Crippen molar-refractivity contribution in [1.82, 2.24) is 10.1 Å². The molecule has 27 heavy (non-hydrogen) atoms. The van der Waals surface area contributed by atoms with Crippen LogP contribution < -0.4 is 9.88 Å². The second-order valence-electron chi connectivity index (χ2n) is 5.24. The van der Waals surface area contributed by atoms with Gasteiger partial charge in [-0.3, -0.25) is 10.1 Å². The number of nitro benzene ring substituents is 1. The maximum absolute atomic E-state index is 11.3. The number of benzene rings is 2. The number of hydrogen-bond acceptors (Lipinski definition) is 8. The van der Waals surface area contributed by atoms with Crippen LogP contribution in [-0.2, 0) is 16.6 Å². The summed E-state index contributed by atoms with van der Waals surface area (Å²) in [7, 11) is -4.08. The molecule has 0 bridgehead atoms. The fraction of sp³-hybridized carbons (Fsp3) is 0.0667. The van der Waals surface area contributed by atoms with Crippen molar-refractivity contribution in [2.45, 2.75) is 11.5 Å². The fourth-order valence-corrected chi connectivity index (χ4v) is 2.76. The summed E-state index contributed by atoms with van der Waals surface area (Å²) in [4.78, 5) is 14.1. The molecular formula is C15H11ClN4O6S. The van der Waals surface area contributed by atoms with Crippen LogP contribution in [0.3, 0.4) is 0 Å². The van der Waals surface area contributed by atoms with E-state index in [1.54, 1.807) is 24.3 Å². The lowest BCUT2D eigenvalue weighted by molar-refractivity contribution is -0.386. The molecule has 1 aromatic heterocycles. The van der Waals surface area contributed by atoms with E-state index in [1.807, 2.05) is 0 Å². The molecule has 0 saturated carbocycles. The van der Waals surface area contributed by atoms with Crippen molar-refractivity contribution in [2.75, 3.05) is 0 Å². The standard InChI is InChI=1S/C15H11ClN4O6S/c16-10-3-1-9(2-4-10)15-18-14(19-26-15)8-25-13-6-5-11(27(17,23)24)7-12(13)20(21)22/h1-7H,8H2,(H2,17,23,24). The van der Waals surface area contributed by atoms with E-state index >= 15 is 0 Å². The molecule has 0 amide bonds. The summed E-state index contributed by atoms with van der Waals surface area (Å²) in [5, 5.41) is 20.4. The molecular weight excluding hydrogens is 400 g/mol. The van der Waals surface area contributed by atoms with Crippen molar-refractivity contribution in [3.63, 3.8) is 0 Å². The van der Waals surface area contributed by atoms with Crippen LogP contribution in [0.1, 0.15) is 5.82 Å². The van der Waals surface area contributed by atoms with E-state index in [4.69, 9.17) is 26.0 Å². The third-order valence-corrected chi connectivity index (χ3v) is 4.53. The zero-order valence-corrected chi connectivity index (χ0v) is 15.0. The van der Waals surface area contributed by atoms with Gasteiger partial charge in [0.1, 0.15) is 0 Å². The van der Waals surface area contributed by atoms with Crippen molar-refractivity contribution < 1.29 is 22.6 Å². The quantitative estimate of drug-likeness (QED) is 0.480. The molecule has 0 aliphatic heterocycles. The Labute approximate surface area is 157 Å². The number of primary sulfonamides is 1. The Kier molecular flexibility index (Phi) is 5.08. The van der Waals surface area contributed by atoms with Crippen LogP contribution in [-0.4, -0.2) is 23.5 Å². The minimum absolute atomic E-state index is 0.143. The Morgan fingerprint density at radius 3 is 2.56 bits per heavy atom. The van der Waals surface area contributed by atoms with Crippen molar-refractivity contribution in [3.8, 4) is 17.2 Å². The molecule has 3 rings (SSSR count). The minimum atomic E-state index is -4.08. The normalized spacial score (nSPS) is 11.3. The lowest BCUT2D eigenvalue weighted by Crippen LogP contribution is -2.12. The average molecular weight is 411 g/mol. The molecule has 2 N–H and O–H groups in total. The molecule has 0 atom stereocenters. The average Bonchev–Trinajstić information content (AvgIpc) is 3.08. The number of hydrogen-bond donors (Lipinski definition) is 1. The summed E-state index contributed by atoms with van der Waals surface area (Å²) < 4.78 is 33.1. The number of ether oxygens (including phenoxy) is 1. The molecule has 0 spiro atoms. The Bertz CT molecular complexity index is 1100. The van der Waals surface area contributed by atoms with Gasteiger partial charge in [-0.15, -0.1) is 0 Å². The number of halogens is 1. The highest BCUT2D eigenvalue weighted by molar-refractivity contribution is 7.89. The number of nitrogens with zero attached hydrogens (tertiary/aromatic N) is 3. The van der Waals surface area contributed by atoms with Gasteiger partial charge < -0.3 is 9.26 Å². The zero-order valence-electron chi connectivity index (χ0n) is 13.4. The molecule has 140 valence electrons. The van der Waals surface area contributed by atoms with Crippen molar-refractivity contribution >= 4 is 27.3 Å². The topological polar surface area (TPSA) is 151 Å². The third-order valence-electron chi connectivity index (χ3n) is 3.37. The van der Waals surface area contributed by atoms with Gasteiger partial charge in [0.05, 0.1) is 9.82 Å². The van der Waals surface area contributed by atoms with Gasteiger partial charge in [0.25, 0.3) is 5.89 Å².